The van der Waals surface area contributed by atoms with Gasteiger partial charge in [0, 0.05) is 35.1 Å². The van der Waals surface area contributed by atoms with Gasteiger partial charge in [0.25, 0.3) is 5.91 Å². The summed E-state index contributed by atoms with van der Waals surface area (Å²) >= 11 is 1.49. The number of nitriles is 1. The molecule has 3 aromatic rings. The highest BCUT2D eigenvalue weighted by molar-refractivity contribution is 7.16. The fourth-order valence-corrected chi connectivity index (χ4v) is 4.37. The SMILES string of the molecule is CCN(CC)c1ccc2cc(-c3ccc(C=C(C#N)C(=O)NCC(O)CO)s3)ccc2c1. The summed E-state index contributed by atoms with van der Waals surface area (Å²) in [6, 6.07) is 18.6. The van der Waals surface area contributed by atoms with E-state index in [1.165, 1.54) is 28.5 Å². The Balaban J connectivity index is 1.80. The number of anilines is 1. The molecule has 0 saturated heterocycles. The number of nitrogens with one attached hydrogen (secondary N) is 1. The number of fused-ring (bicyclic) bond motifs is 1. The molecule has 166 valence electrons. The number of thiophene rings is 1. The zero-order chi connectivity index (χ0) is 23.1. The van der Waals surface area contributed by atoms with Gasteiger partial charge < -0.3 is 20.4 Å². The van der Waals surface area contributed by atoms with Crippen molar-refractivity contribution in [2.24, 2.45) is 0 Å². The van der Waals surface area contributed by atoms with E-state index in [-0.39, 0.29) is 12.1 Å². The molecule has 0 aliphatic carbocycles. The van der Waals surface area contributed by atoms with Crippen LogP contribution in [0.25, 0.3) is 27.3 Å². The van der Waals surface area contributed by atoms with E-state index in [0.717, 1.165) is 33.8 Å². The number of hydrogen-bond donors (Lipinski definition) is 3. The van der Waals surface area contributed by atoms with Gasteiger partial charge in [-0.3, -0.25) is 4.79 Å². The second-order valence-corrected chi connectivity index (χ2v) is 8.45. The van der Waals surface area contributed by atoms with E-state index in [9.17, 15) is 15.2 Å². The Morgan fingerprint density at radius 2 is 1.88 bits per heavy atom. The minimum Gasteiger partial charge on any atom is -0.394 e. The first-order chi connectivity index (χ1) is 15.5. The second kappa shape index (κ2) is 10.9. The topological polar surface area (TPSA) is 96.6 Å². The third-order valence-electron chi connectivity index (χ3n) is 5.22. The Bertz CT molecular complexity index is 1160. The van der Waals surface area contributed by atoms with Gasteiger partial charge in [-0.2, -0.15) is 5.26 Å². The van der Waals surface area contributed by atoms with Crippen molar-refractivity contribution in [1.82, 2.24) is 5.32 Å². The van der Waals surface area contributed by atoms with Crippen LogP contribution in [0.1, 0.15) is 18.7 Å². The van der Waals surface area contributed by atoms with E-state index in [1.807, 2.05) is 18.2 Å². The molecule has 1 atom stereocenters. The van der Waals surface area contributed by atoms with Gasteiger partial charge in [-0.15, -0.1) is 11.3 Å². The Kier molecular flexibility index (Phi) is 8.01. The molecular weight excluding hydrogens is 422 g/mol. The number of rotatable bonds is 9. The summed E-state index contributed by atoms with van der Waals surface area (Å²) in [6.45, 7) is 5.67. The Morgan fingerprint density at radius 3 is 2.56 bits per heavy atom. The van der Waals surface area contributed by atoms with E-state index in [4.69, 9.17) is 5.11 Å². The van der Waals surface area contributed by atoms with Crippen LogP contribution in [-0.2, 0) is 4.79 Å². The van der Waals surface area contributed by atoms with Gasteiger partial charge >= 0.3 is 0 Å². The predicted octanol–water partition coefficient (Wildman–Crippen LogP) is 3.79. The average molecular weight is 450 g/mol. The van der Waals surface area contributed by atoms with Crippen LogP contribution in [0.5, 0.6) is 0 Å². The first kappa shape index (κ1) is 23.5. The van der Waals surface area contributed by atoms with Crippen LogP contribution >= 0.6 is 11.3 Å². The molecule has 3 N–H and O–H groups in total. The number of aliphatic hydroxyl groups excluding tert-OH is 2. The normalized spacial score (nSPS) is 12.4. The molecular formula is C25H27N3O3S. The lowest BCUT2D eigenvalue weighted by atomic mass is 10.0. The van der Waals surface area contributed by atoms with Crippen LogP contribution in [0.15, 0.2) is 54.1 Å². The van der Waals surface area contributed by atoms with Gasteiger partial charge in [-0.25, -0.2) is 0 Å². The van der Waals surface area contributed by atoms with Gasteiger partial charge in [-0.1, -0.05) is 18.2 Å². The van der Waals surface area contributed by atoms with Crippen molar-refractivity contribution in [3.63, 3.8) is 0 Å². The van der Waals surface area contributed by atoms with Crippen molar-refractivity contribution in [2.45, 2.75) is 20.0 Å². The molecule has 0 saturated carbocycles. The number of nitrogens with zero attached hydrogens (tertiary/aromatic N) is 2. The van der Waals surface area contributed by atoms with Crippen LogP contribution < -0.4 is 10.2 Å². The minimum atomic E-state index is -1.05. The standard InChI is InChI=1S/C25H27N3O3S/c1-3-28(4-2)21-8-7-17-11-19(6-5-18(17)12-21)24-10-9-23(32-24)13-20(14-26)25(31)27-15-22(30)16-29/h5-13,22,29-30H,3-4,15-16H2,1-2H3,(H,27,31). The van der Waals surface area contributed by atoms with Crippen LogP contribution in [0, 0.1) is 11.3 Å². The number of carbonyl (C=O) groups is 1. The Hall–Kier alpha value is -3.18. The quantitative estimate of drug-likeness (QED) is 0.341. The van der Waals surface area contributed by atoms with Crippen molar-refractivity contribution in [3.05, 3.63) is 59.0 Å². The molecule has 0 radical (unpaired) electrons. The van der Waals surface area contributed by atoms with Gasteiger partial charge in [0.05, 0.1) is 12.7 Å². The monoisotopic (exact) mass is 449 g/mol. The lowest BCUT2D eigenvalue weighted by Crippen LogP contribution is -2.34. The van der Waals surface area contributed by atoms with E-state index < -0.39 is 18.6 Å². The van der Waals surface area contributed by atoms with Crippen molar-refractivity contribution in [3.8, 4) is 16.5 Å². The first-order valence-corrected chi connectivity index (χ1v) is 11.4. The molecule has 1 heterocycles. The van der Waals surface area contributed by atoms with E-state index in [2.05, 4.69) is 60.5 Å². The molecule has 0 aliphatic heterocycles. The van der Waals surface area contributed by atoms with Crippen molar-refractivity contribution in [2.75, 3.05) is 31.1 Å². The highest BCUT2D eigenvalue weighted by Gasteiger charge is 2.12. The fourth-order valence-electron chi connectivity index (χ4n) is 3.42. The average Bonchev–Trinajstić information content (AvgIpc) is 3.29. The number of carbonyl (C=O) groups excluding carboxylic acids is 1. The third kappa shape index (κ3) is 5.54. The summed E-state index contributed by atoms with van der Waals surface area (Å²) in [7, 11) is 0. The van der Waals surface area contributed by atoms with Crippen molar-refractivity contribution < 1.29 is 15.0 Å². The fraction of sp³-hybridized carbons (Fsp3) is 0.280. The maximum absolute atomic E-state index is 12.1. The number of benzene rings is 2. The van der Waals surface area contributed by atoms with Crippen LogP contribution in [0.4, 0.5) is 5.69 Å². The Morgan fingerprint density at radius 1 is 1.16 bits per heavy atom. The van der Waals surface area contributed by atoms with Crippen molar-refractivity contribution >= 4 is 39.8 Å². The van der Waals surface area contributed by atoms with E-state index >= 15 is 0 Å². The summed E-state index contributed by atoms with van der Waals surface area (Å²) in [4.78, 5) is 16.3. The third-order valence-corrected chi connectivity index (χ3v) is 6.31. The summed E-state index contributed by atoms with van der Waals surface area (Å²) in [5.74, 6) is -0.579. The maximum Gasteiger partial charge on any atom is 0.262 e. The van der Waals surface area contributed by atoms with Gasteiger partial charge in [-0.05, 0) is 66.6 Å². The summed E-state index contributed by atoms with van der Waals surface area (Å²) in [6.07, 6.45) is 0.481. The van der Waals surface area contributed by atoms with Gasteiger partial charge in [0.15, 0.2) is 0 Å². The molecule has 32 heavy (non-hydrogen) atoms. The molecule has 7 heteroatoms. The van der Waals surface area contributed by atoms with Crippen molar-refractivity contribution in [1.29, 1.82) is 5.26 Å². The van der Waals surface area contributed by atoms with Gasteiger partial charge in [0.2, 0.25) is 0 Å². The molecule has 6 nitrogen and oxygen atoms in total. The van der Waals surface area contributed by atoms with E-state index in [0.29, 0.717) is 0 Å². The van der Waals surface area contributed by atoms with Crippen LogP contribution in [0.3, 0.4) is 0 Å². The molecule has 0 bridgehead atoms. The summed E-state index contributed by atoms with van der Waals surface area (Å²) in [5, 5.41) is 32.3. The van der Waals surface area contributed by atoms with Gasteiger partial charge in [0.1, 0.15) is 11.6 Å². The largest absolute Gasteiger partial charge is 0.394 e. The molecule has 0 spiro atoms. The molecule has 1 amide bonds. The highest BCUT2D eigenvalue weighted by atomic mass is 32.1. The minimum absolute atomic E-state index is 0.0500. The molecule has 2 aromatic carbocycles. The lowest BCUT2D eigenvalue weighted by Gasteiger charge is -2.21. The lowest BCUT2D eigenvalue weighted by molar-refractivity contribution is -0.117. The number of hydrogen-bond acceptors (Lipinski definition) is 6. The molecule has 0 aliphatic rings. The van der Waals surface area contributed by atoms with Crippen LogP contribution in [0.2, 0.25) is 0 Å². The predicted molar refractivity (Wildman–Crippen MR) is 131 cm³/mol. The second-order valence-electron chi connectivity index (χ2n) is 7.34. The first-order valence-electron chi connectivity index (χ1n) is 10.6. The molecule has 1 unspecified atom stereocenters. The van der Waals surface area contributed by atoms with E-state index in [1.54, 1.807) is 0 Å². The zero-order valence-corrected chi connectivity index (χ0v) is 19.0. The molecule has 3 rings (SSSR count). The summed E-state index contributed by atoms with van der Waals surface area (Å²) < 4.78 is 0. The smallest absolute Gasteiger partial charge is 0.262 e. The highest BCUT2D eigenvalue weighted by Crippen LogP contribution is 2.32. The number of amides is 1. The zero-order valence-electron chi connectivity index (χ0n) is 18.2. The maximum atomic E-state index is 12.1. The Labute approximate surface area is 192 Å². The number of aliphatic hydroxyl groups is 2. The van der Waals surface area contributed by atoms with Crippen LogP contribution in [-0.4, -0.2) is 48.5 Å². The molecule has 1 aromatic heterocycles. The molecule has 0 fully saturated rings. The summed E-state index contributed by atoms with van der Waals surface area (Å²) in [5.41, 5.74) is 2.24.